The largest absolute Gasteiger partial charge is 0.497 e. The highest BCUT2D eigenvalue weighted by Crippen LogP contribution is 2.35. The third kappa shape index (κ3) is 3.59. The van der Waals surface area contributed by atoms with Crippen LogP contribution < -0.4 is 4.74 Å². The molecule has 2 atom stereocenters. The summed E-state index contributed by atoms with van der Waals surface area (Å²) in [5.74, 6) is 0.657. The number of likely N-dealkylation sites (N-methyl/N-ethyl adjacent to an activating group) is 1. The van der Waals surface area contributed by atoms with Crippen molar-refractivity contribution in [3.05, 3.63) is 36.0 Å². The number of nitrogens with zero attached hydrogens (tertiary/aromatic N) is 2. The number of amides is 1. The van der Waals surface area contributed by atoms with Gasteiger partial charge in [0.15, 0.2) is 0 Å². The molecule has 0 bridgehead atoms. The zero-order valence-electron chi connectivity index (χ0n) is 16.5. The zero-order chi connectivity index (χ0) is 19.6. The summed E-state index contributed by atoms with van der Waals surface area (Å²) in [5, 5.41) is 11.1. The van der Waals surface area contributed by atoms with Gasteiger partial charge < -0.3 is 19.7 Å². The van der Waals surface area contributed by atoms with E-state index in [9.17, 15) is 9.90 Å². The van der Waals surface area contributed by atoms with Crippen molar-refractivity contribution in [1.29, 1.82) is 0 Å². The van der Waals surface area contributed by atoms with E-state index in [-0.39, 0.29) is 24.5 Å². The van der Waals surface area contributed by atoms with Crippen molar-refractivity contribution in [3.8, 4) is 5.75 Å². The highest BCUT2D eigenvalue weighted by molar-refractivity contribution is 5.95. The van der Waals surface area contributed by atoms with Crippen LogP contribution in [0.5, 0.6) is 5.75 Å². The molecule has 0 radical (unpaired) electrons. The molecule has 1 aliphatic rings. The average Bonchev–Trinajstić information content (AvgIpc) is 3.15. The molecule has 1 aromatic heterocycles. The lowest BCUT2D eigenvalue weighted by Crippen LogP contribution is -2.47. The first-order chi connectivity index (χ1) is 13.0. The second-order valence-corrected chi connectivity index (χ2v) is 6.99. The number of H-pyrrole nitrogens is 1. The van der Waals surface area contributed by atoms with Crippen LogP contribution in [-0.4, -0.2) is 72.2 Å². The van der Waals surface area contributed by atoms with Gasteiger partial charge in [0.1, 0.15) is 5.75 Å². The fourth-order valence-corrected chi connectivity index (χ4v) is 3.97. The Balaban J connectivity index is 2.12. The van der Waals surface area contributed by atoms with E-state index in [4.69, 9.17) is 4.74 Å². The number of hydrogen-bond donors (Lipinski definition) is 2. The van der Waals surface area contributed by atoms with Gasteiger partial charge in [0, 0.05) is 36.8 Å². The minimum absolute atomic E-state index is 0.00603. The van der Waals surface area contributed by atoms with E-state index in [0.29, 0.717) is 19.6 Å². The monoisotopic (exact) mass is 371 g/mol. The molecule has 27 heavy (non-hydrogen) atoms. The number of carbonyl (C=O) groups is 1. The Morgan fingerprint density at radius 1 is 1.37 bits per heavy atom. The summed E-state index contributed by atoms with van der Waals surface area (Å²) in [7, 11) is 3.61. The molecule has 6 nitrogen and oxygen atoms in total. The van der Waals surface area contributed by atoms with Gasteiger partial charge in [-0.3, -0.25) is 9.69 Å². The Morgan fingerprint density at radius 2 is 2.11 bits per heavy atom. The summed E-state index contributed by atoms with van der Waals surface area (Å²) in [4.78, 5) is 20.2. The van der Waals surface area contributed by atoms with Crippen molar-refractivity contribution in [3.63, 3.8) is 0 Å². The van der Waals surface area contributed by atoms with Crippen LogP contribution in [0.25, 0.3) is 16.5 Å². The number of aliphatic hydroxyl groups excluding tert-OH is 1. The lowest BCUT2D eigenvalue weighted by Gasteiger charge is -2.37. The molecule has 1 amide bonds. The Labute approximate surface area is 160 Å². The molecule has 2 N–H and O–H groups in total. The Morgan fingerprint density at radius 3 is 2.74 bits per heavy atom. The van der Waals surface area contributed by atoms with Crippen LogP contribution in [0.3, 0.4) is 0 Å². The summed E-state index contributed by atoms with van der Waals surface area (Å²) in [6, 6.07) is 5.80. The van der Waals surface area contributed by atoms with Gasteiger partial charge in [-0.2, -0.15) is 0 Å². The second-order valence-electron chi connectivity index (χ2n) is 6.99. The molecule has 0 aliphatic carbocycles. The van der Waals surface area contributed by atoms with Gasteiger partial charge in [0.05, 0.1) is 31.2 Å². The first kappa shape index (κ1) is 19.5. The molecule has 0 saturated heterocycles. The maximum atomic E-state index is 13.0. The molecular formula is C21H29N3O3. The van der Waals surface area contributed by atoms with Crippen molar-refractivity contribution in [2.75, 3.05) is 40.4 Å². The van der Waals surface area contributed by atoms with Crippen LogP contribution in [0.1, 0.15) is 19.4 Å². The second kappa shape index (κ2) is 8.15. The maximum Gasteiger partial charge on any atom is 0.230 e. The SMILES string of the molecule is CCN(CC)C(=O)C1C=C(c2cc(OC)cc3cc[nH]c23)[C@H](CO)N(C)C1. The summed E-state index contributed by atoms with van der Waals surface area (Å²) < 4.78 is 5.47. The number of carbonyl (C=O) groups excluding carboxylic acids is 1. The fraction of sp³-hybridized carbons (Fsp3) is 0.476. The molecule has 1 aliphatic heterocycles. The molecule has 6 heteroatoms. The molecule has 0 fully saturated rings. The van der Waals surface area contributed by atoms with Crippen LogP contribution >= 0.6 is 0 Å². The lowest BCUT2D eigenvalue weighted by atomic mass is 9.87. The topological polar surface area (TPSA) is 68.8 Å². The number of methoxy groups -OCH3 is 1. The highest BCUT2D eigenvalue weighted by atomic mass is 16.5. The van der Waals surface area contributed by atoms with Gasteiger partial charge in [0.25, 0.3) is 0 Å². The first-order valence-electron chi connectivity index (χ1n) is 9.51. The van der Waals surface area contributed by atoms with E-state index in [1.165, 1.54) is 0 Å². The number of rotatable bonds is 6. The Bertz CT molecular complexity index is 838. The van der Waals surface area contributed by atoms with Crippen LogP contribution in [0, 0.1) is 5.92 Å². The van der Waals surface area contributed by atoms with Gasteiger partial charge in [-0.25, -0.2) is 0 Å². The number of fused-ring (bicyclic) bond motifs is 1. The minimum atomic E-state index is -0.232. The quantitative estimate of drug-likeness (QED) is 0.818. The third-order valence-corrected chi connectivity index (χ3v) is 5.50. The number of aromatic amines is 1. The number of aliphatic hydroxyl groups is 1. The molecule has 146 valence electrons. The summed E-state index contributed by atoms with van der Waals surface area (Å²) in [6.07, 6.45) is 3.93. The standard InChI is InChI=1S/C21H29N3O3/c1-5-24(6-2)21(26)15-10-17(19(13-25)23(3)12-15)18-11-16(27-4)9-14-7-8-22-20(14)18/h7-11,15,19,22,25H,5-6,12-13H2,1-4H3/t15?,19-/m0/s1. The van der Waals surface area contributed by atoms with Crippen LogP contribution in [0.15, 0.2) is 30.5 Å². The maximum absolute atomic E-state index is 13.0. The zero-order valence-corrected chi connectivity index (χ0v) is 16.5. The Hall–Kier alpha value is -2.31. The molecule has 1 aromatic carbocycles. The summed E-state index contributed by atoms with van der Waals surface area (Å²) in [5.41, 5.74) is 2.92. The number of nitrogens with one attached hydrogen (secondary N) is 1. The van der Waals surface area contributed by atoms with Gasteiger partial charge in [-0.05, 0) is 44.7 Å². The van der Waals surface area contributed by atoms with Crippen molar-refractivity contribution in [2.45, 2.75) is 19.9 Å². The fourth-order valence-electron chi connectivity index (χ4n) is 3.97. The summed E-state index contributed by atoms with van der Waals surface area (Å²) in [6.45, 7) is 5.99. The molecule has 0 saturated carbocycles. The first-order valence-corrected chi connectivity index (χ1v) is 9.51. The molecule has 2 aromatic rings. The third-order valence-electron chi connectivity index (χ3n) is 5.50. The van der Waals surface area contributed by atoms with E-state index in [1.807, 2.05) is 56.3 Å². The van der Waals surface area contributed by atoms with Crippen LogP contribution in [0.4, 0.5) is 0 Å². The van der Waals surface area contributed by atoms with E-state index in [2.05, 4.69) is 9.88 Å². The van der Waals surface area contributed by atoms with E-state index >= 15 is 0 Å². The molecule has 0 spiro atoms. The number of aromatic nitrogens is 1. The van der Waals surface area contributed by atoms with Crippen molar-refractivity contribution >= 4 is 22.4 Å². The lowest BCUT2D eigenvalue weighted by molar-refractivity contribution is -0.134. The predicted molar refractivity (Wildman–Crippen MR) is 108 cm³/mol. The van der Waals surface area contributed by atoms with Crippen molar-refractivity contribution in [1.82, 2.24) is 14.8 Å². The summed E-state index contributed by atoms with van der Waals surface area (Å²) >= 11 is 0. The predicted octanol–water partition coefficient (Wildman–Crippen LogP) is 2.35. The average molecular weight is 371 g/mol. The normalized spacial score (nSPS) is 20.6. The highest BCUT2D eigenvalue weighted by Gasteiger charge is 2.33. The van der Waals surface area contributed by atoms with Crippen LogP contribution in [0.2, 0.25) is 0 Å². The Kier molecular flexibility index (Phi) is 5.87. The van der Waals surface area contributed by atoms with Gasteiger partial charge in [0.2, 0.25) is 5.91 Å². The van der Waals surface area contributed by atoms with Crippen LogP contribution in [-0.2, 0) is 4.79 Å². The molecule has 2 heterocycles. The molecule has 3 rings (SSSR count). The van der Waals surface area contributed by atoms with E-state index < -0.39 is 0 Å². The van der Waals surface area contributed by atoms with Gasteiger partial charge in [-0.15, -0.1) is 0 Å². The van der Waals surface area contributed by atoms with Gasteiger partial charge in [-0.1, -0.05) is 6.08 Å². The van der Waals surface area contributed by atoms with Crippen molar-refractivity contribution in [2.24, 2.45) is 5.92 Å². The minimum Gasteiger partial charge on any atom is -0.497 e. The van der Waals surface area contributed by atoms with Crippen molar-refractivity contribution < 1.29 is 14.6 Å². The number of hydrogen-bond acceptors (Lipinski definition) is 4. The number of ether oxygens (including phenoxy) is 1. The number of benzene rings is 1. The molecule has 1 unspecified atom stereocenters. The van der Waals surface area contributed by atoms with E-state index in [1.54, 1.807) is 7.11 Å². The van der Waals surface area contributed by atoms with E-state index in [0.717, 1.165) is 27.8 Å². The van der Waals surface area contributed by atoms with Gasteiger partial charge >= 0.3 is 0 Å². The smallest absolute Gasteiger partial charge is 0.230 e. The molecular weight excluding hydrogens is 342 g/mol.